The van der Waals surface area contributed by atoms with Gasteiger partial charge in [-0.15, -0.1) is 11.3 Å². The number of likely N-dealkylation sites (N-methyl/N-ethyl adjacent to an activating group) is 1. The number of hydrogen-bond donors (Lipinski definition) is 0. The largest absolute Gasteiger partial charge is 0.292 e. The molecule has 3 nitrogen and oxygen atoms in total. The summed E-state index contributed by atoms with van der Waals surface area (Å²) < 4.78 is 0. The number of carbonyl (C=O) groups excluding carboxylic acids is 1. The minimum absolute atomic E-state index is 0.140. The van der Waals surface area contributed by atoms with E-state index in [4.69, 9.17) is 4.99 Å². The lowest BCUT2D eigenvalue weighted by molar-refractivity contribution is -0.131. The summed E-state index contributed by atoms with van der Waals surface area (Å²) in [4.78, 5) is 20.3. The number of amides is 1. The lowest BCUT2D eigenvalue weighted by Gasteiger charge is -2.29. The molecule has 1 aromatic heterocycles. The highest BCUT2D eigenvalue weighted by molar-refractivity contribution is 8.13. The fraction of sp³-hybridized carbons (Fsp3) is 0.500. The highest BCUT2D eigenvalue weighted by atomic mass is 32.2. The summed E-state index contributed by atoms with van der Waals surface area (Å²) in [5.74, 6) is 0.140. The molecule has 1 aliphatic carbocycles. The van der Waals surface area contributed by atoms with Crippen LogP contribution in [0.25, 0.3) is 0 Å². The molecule has 0 saturated heterocycles. The van der Waals surface area contributed by atoms with E-state index in [1.165, 1.54) is 4.88 Å². The quantitative estimate of drug-likeness (QED) is 0.722. The lowest BCUT2D eigenvalue weighted by atomic mass is 9.80. The van der Waals surface area contributed by atoms with Crippen molar-refractivity contribution >= 4 is 34.2 Å². The van der Waals surface area contributed by atoms with Crippen molar-refractivity contribution in [2.24, 2.45) is 4.99 Å². The Bertz CT molecular complexity index is 508. The van der Waals surface area contributed by atoms with Gasteiger partial charge in [0.25, 0.3) is 5.91 Å². The number of hydrogen-bond acceptors (Lipinski definition) is 4. The Hall–Kier alpha value is -0.810. The van der Waals surface area contributed by atoms with Crippen LogP contribution in [0.15, 0.2) is 16.4 Å². The number of fused-ring (bicyclic) bond motifs is 2. The Labute approximate surface area is 109 Å². The summed E-state index contributed by atoms with van der Waals surface area (Å²) in [7, 11) is 1.83. The van der Waals surface area contributed by atoms with Gasteiger partial charge in [-0.2, -0.15) is 0 Å². The second kappa shape index (κ2) is 3.85. The summed E-state index contributed by atoms with van der Waals surface area (Å²) in [6.45, 7) is 0. The molecular formula is C12H14N2OS2. The molecule has 1 atom stereocenters. The second-order valence-corrected chi connectivity index (χ2v) is 6.21. The molecular weight excluding hydrogens is 252 g/mol. The monoisotopic (exact) mass is 266 g/mol. The molecule has 0 fully saturated rings. The maximum absolute atomic E-state index is 12.5. The minimum Gasteiger partial charge on any atom is -0.292 e. The summed E-state index contributed by atoms with van der Waals surface area (Å²) in [5, 5.41) is 2.92. The van der Waals surface area contributed by atoms with Gasteiger partial charge in [0, 0.05) is 17.5 Å². The van der Waals surface area contributed by atoms with Gasteiger partial charge in [-0.25, -0.2) is 4.99 Å². The predicted octanol–water partition coefficient (Wildman–Crippen LogP) is 2.47. The van der Waals surface area contributed by atoms with Crippen molar-refractivity contribution in [3.05, 3.63) is 21.9 Å². The van der Waals surface area contributed by atoms with E-state index in [1.807, 2.05) is 13.3 Å². The zero-order valence-corrected chi connectivity index (χ0v) is 11.5. The number of amidine groups is 1. The van der Waals surface area contributed by atoms with Crippen molar-refractivity contribution in [1.82, 2.24) is 4.90 Å². The van der Waals surface area contributed by atoms with Gasteiger partial charge in [0.2, 0.25) is 0 Å². The molecule has 17 heavy (non-hydrogen) atoms. The van der Waals surface area contributed by atoms with Crippen LogP contribution in [0.4, 0.5) is 0 Å². The van der Waals surface area contributed by atoms with Crippen molar-refractivity contribution in [1.29, 1.82) is 0 Å². The standard InChI is InChI=1S/C12H14N2OS2/c1-14-10(15)12(13-11(14)16-2)6-3-4-9-8(12)5-7-17-9/h5,7H,3-4,6H2,1-2H3. The normalized spacial score (nSPS) is 27.5. The van der Waals surface area contributed by atoms with Gasteiger partial charge in [-0.1, -0.05) is 11.8 Å². The fourth-order valence-electron chi connectivity index (χ4n) is 2.71. The van der Waals surface area contributed by atoms with Crippen LogP contribution in [-0.2, 0) is 16.8 Å². The number of carbonyl (C=O) groups is 1. The highest BCUT2D eigenvalue weighted by Gasteiger charge is 2.50. The van der Waals surface area contributed by atoms with Crippen LogP contribution in [0.3, 0.4) is 0 Å². The van der Waals surface area contributed by atoms with Gasteiger partial charge in [-0.05, 0) is 37.0 Å². The zero-order chi connectivity index (χ0) is 12.0. The Morgan fingerprint density at radius 3 is 3.12 bits per heavy atom. The van der Waals surface area contributed by atoms with Crippen LogP contribution < -0.4 is 0 Å². The number of aliphatic imine (C=N–C) groups is 1. The van der Waals surface area contributed by atoms with Gasteiger partial charge in [0.15, 0.2) is 10.7 Å². The molecule has 2 heterocycles. The Kier molecular flexibility index (Phi) is 2.56. The van der Waals surface area contributed by atoms with E-state index in [-0.39, 0.29) is 5.91 Å². The highest BCUT2D eigenvalue weighted by Crippen LogP contribution is 2.45. The fourth-order valence-corrected chi connectivity index (χ4v) is 4.31. The number of thiophene rings is 1. The molecule has 0 bridgehead atoms. The molecule has 1 aromatic rings. The van der Waals surface area contributed by atoms with E-state index >= 15 is 0 Å². The Balaban J connectivity index is 2.16. The molecule has 3 rings (SSSR count). The Morgan fingerprint density at radius 2 is 2.41 bits per heavy atom. The average Bonchev–Trinajstić information content (AvgIpc) is 2.90. The smallest absolute Gasteiger partial charge is 0.260 e. The van der Waals surface area contributed by atoms with Gasteiger partial charge in [0.05, 0.1) is 0 Å². The number of thioether (sulfide) groups is 1. The van der Waals surface area contributed by atoms with E-state index in [9.17, 15) is 4.79 Å². The second-order valence-electron chi connectivity index (χ2n) is 4.43. The third-order valence-corrected chi connectivity index (χ3v) is 5.26. The van der Waals surface area contributed by atoms with E-state index in [2.05, 4.69) is 11.4 Å². The van der Waals surface area contributed by atoms with Gasteiger partial charge < -0.3 is 0 Å². The topological polar surface area (TPSA) is 32.7 Å². The average molecular weight is 266 g/mol. The molecule has 1 aliphatic heterocycles. The number of nitrogens with zero attached hydrogens (tertiary/aromatic N) is 2. The van der Waals surface area contributed by atoms with Crippen LogP contribution in [0.1, 0.15) is 23.3 Å². The van der Waals surface area contributed by atoms with Crippen LogP contribution in [-0.4, -0.2) is 29.3 Å². The van der Waals surface area contributed by atoms with E-state index in [0.29, 0.717) is 0 Å². The molecule has 1 amide bonds. The number of aryl methyl sites for hydroxylation is 1. The molecule has 90 valence electrons. The maximum Gasteiger partial charge on any atom is 0.260 e. The Morgan fingerprint density at radius 1 is 1.59 bits per heavy atom. The molecule has 0 saturated carbocycles. The van der Waals surface area contributed by atoms with E-state index < -0.39 is 5.54 Å². The lowest BCUT2D eigenvalue weighted by Crippen LogP contribution is -2.40. The summed E-state index contributed by atoms with van der Waals surface area (Å²) in [5.41, 5.74) is 0.551. The number of rotatable bonds is 0. The van der Waals surface area contributed by atoms with Crippen LogP contribution in [0.2, 0.25) is 0 Å². The van der Waals surface area contributed by atoms with Crippen molar-refractivity contribution in [2.45, 2.75) is 24.8 Å². The van der Waals surface area contributed by atoms with Crippen LogP contribution in [0, 0.1) is 0 Å². The third-order valence-electron chi connectivity index (χ3n) is 3.55. The first-order chi connectivity index (χ1) is 8.19. The first-order valence-electron chi connectivity index (χ1n) is 5.68. The van der Waals surface area contributed by atoms with Crippen LogP contribution in [0.5, 0.6) is 0 Å². The van der Waals surface area contributed by atoms with Gasteiger partial charge in [-0.3, -0.25) is 9.69 Å². The molecule has 0 radical (unpaired) electrons. The summed E-state index contributed by atoms with van der Waals surface area (Å²) >= 11 is 3.30. The minimum atomic E-state index is -0.597. The van der Waals surface area contributed by atoms with Gasteiger partial charge in [0.1, 0.15) is 0 Å². The molecule has 2 aliphatic rings. The van der Waals surface area contributed by atoms with Crippen LogP contribution >= 0.6 is 23.1 Å². The molecule has 0 aromatic carbocycles. The summed E-state index contributed by atoms with van der Waals surface area (Å²) in [6, 6.07) is 2.08. The van der Waals surface area contributed by atoms with E-state index in [1.54, 1.807) is 28.0 Å². The van der Waals surface area contributed by atoms with Crippen molar-refractivity contribution in [3.63, 3.8) is 0 Å². The molecule has 0 N–H and O–H groups in total. The maximum atomic E-state index is 12.5. The van der Waals surface area contributed by atoms with Crippen molar-refractivity contribution in [2.75, 3.05) is 13.3 Å². The zero-order valence-electron chi connectivity index (χ0n) is 9.90. The van der Waals surface area contributed by atoms with E-state index in [0.717, 1.165) is 30.0 Å². The summed E-state index contributed by atoms with van der Waals surface area (Å²) in [6.07, 6.45) is 4.97. The molecule has 1 unspecified atom stereocenters. The first kappa shape index (κ1) is 11.3. The SMILES string of the molecule is CSC1=NC2(CCCc3sccc32)C(=O)N1C. The first-order valence-corrected chi connectivity index (χ1v) is 7.78. The predicted molar refractivity (Wildman–Crippen MR) is 72.7 cm³/mol. The van der Waals surface area contributed by atoms with Crippen molar-refractivity contribution in [3.8, 4) is 0 Å². The van der Waals surface area contributed by atoms with Gasteiger partial charge >= 0.3 is 0 Å². The molecule has 5 heteroatoms. The molecule has 1 spiro atoms. The van der Waals surface area contributed by atoms with Crippen molar-refractivity contribution < 1.29 is 4.79 Å². The third kappa shape index (κ3) is 1.42.